The van der Waals surface area contributed by atoms with Gasteiger partial charge >= 0.3 is 5.97 Å². The van der Waals surface area contributed by atoms with Gasteiger partial charge in [0.2, 0.25) is 0 Å². The van der Waals surface area contributed by atoms with Crippen molar-refractivity contribution >= 4 is 5.97 Å². The topological polar surface area (TPSA) is 38.3 Å². The third-order valence-electron chi connectivity index (χ3n) is 1.43. The molecular formula is C7H13NO2. The molecule has 10 heavy (non-hydrogen) atoms. The minimum absolute atomic E-state index is 0.0347. The third kappa shape index (κ3) is 1.99. The summed E-state index contributed by atoms with van der Waals surface area (Å²) in [4.78, 5) is 10.6. The molecule has 58 valence electrons. The number of hydrogen-bond acceptors (Lipinski definition) is 3. The van der Waals surface area contributed by atoms with Crippen LogP contribution in [0.2, 0.25) is 0 Å². The van der Waals surface area contributed by atoms with Crippen LogP contribution in [0.1, 0.15) is 20.3 Å². The molecule has 1 heterocycles. The number of cyclic esters (lactones) is 1. The normalized spacial score (nSPS) is 25.5. The molecule has 3 heteroatoms. The zero-order chi connectivity index (χ0) is 7.56. The first-order valence-corrected chi connectivity index (χ1v) is 3.61. The van der Waals surface area contributed by atoms with Gasteiger partial charge in [-0.3, -0.25) is 10.1 Å². The Morgan fingerprint density at radius 2 is 2.50 bits per heavy atom. The van der Waals surface area contributed by atoms with Crippen molar-refractivity contribution in [1.82, 2.24) is 5.32 Å². The first kappa shape index (κ1) is 7.54. The molecule has 0 radical (unpaired) electrons. The third-order valence-corrected chi connectivity index (χ3v) is 1.43. The molecule has 0 spiro atoms. The second kappa shape index (κ2) is 3.01. The van der Waals surface area contributed by atoms with E-state index in [-0.39, 0.29) is 12.2 Å². The van der Waals surface area contributed by atoms with E-state index in [1.54, 1.807) is 0 Å². The van der Waals surface area contributed by atoms with Gasteiger partial charge in [0.25, 0.3) is 0 Å². The molecule has 1 aliphatic heterocycles. The monoisotopic (exact) mass is 143 g/mol. The largest absolute Gasteiger partial charge is 0.446 e. The van der Waals surface area contributed by atoms with Crippen LogP contribution in [-0.2, 0) is 9.53 Å². The molecule has 0 aromatic carbocycles. The minimum atomic E-state index is -0.134. The molecular weight excluding hydrogens is 130 g/mol. The molecule has 0 aromatic heterocycles. The van der Waals surface area contributed by atoms with Gasteiger partial charge in [0, 0.05) is 6.42 Å². The summed E-state index contributed by atoms with van der Waals surface area (Å²) in [5, 5.41) is 2.97. The maximum Gasteiger partial charge on any atom is 0.321 e. The second-order valence-corrected chi connectivity index (χ2v) is 2.99. The Kier molecular flexibility index (Phi) is 2.27. The predicted molar refractivity (Wildman–Crippen MR) is 37.3 cm³/mol. The summed E-state index contributed by atoms with van der Waals surface area (Å²) in [5.74, 6) is 0.439. The SMILES string of the molecule is CC(C)CC1NCC(=O)O1. The van der Waals surface area contributed by atoms with Crippen LogP contribution >= 0.6 is 0 Å². The van der Waals surface area contributed by atoms with Gasteiger partial charge in [0.05, 0.1) is 6.54 Å². The van der Waals surface area contributed by atoms with Crippen LogP contribution in [0.25, 0.3) is 0 Å². The van der Waals surface area contributed by atoms with E-state index in [1.165, 1.54) is 0 Å². The van der Waals surface area contributed by atoms with Crippen LogP contribution < -0.4 is 5.32 Å². The van der Waals surface area contributed by atoms with Crippen LogP contribution in [0, 0.1) is 5.92 Å². The number of nitrogens with one attached hydrogen (secondary N) is 1. The molecule has 1 N–H and O–H groups in total. The van der Waals surface area contributed by atoms with Crippen molar-refractivity contribution < 1.29 is 9.53 Å². The van der Waals surface area contributed by atoms with Gasteiger partial charge in [-0.2, -0.15) is 0 Å². The molecule has 0 aliphatic carbocycles. The van der Waals surface area contributed by atoms with Gasteiger partial charge in [-0.25, -0.2) is 0 Å². The number of carbonyl (C=O) groups excluding carboxylic acids is 1. The van der Waals surface area contributed by atoms with Crippen LogP contribution in [-0.4, -0.2) is 18.7 Å². The summed E-state index contributed by atoms with van der Waals surface area (Å²) >= 11 is 0. The van der Waals surface area contributed by atoms with Crippen molar-refractivity contribution in [2.24, 2.45) is 5.92 Å². The number of ether oxygens (including phenoxy) is 1. The fourth-order valence-corrected chi connectivity index (χ4v) is 0.999. The molecule has 0 amide bonds. The number of carbonyl (C=O) groups is 1. The Morgan fingerprint density at radius 3 is 2.90 bits per heavy atom. The zero-order valence-electron chi connectivity index (χ0n) is 6.39. The minimum Gasteiger partial charge on any atom is -0.446 e. The Bertz CT molecular complexity index is 134. The van der Waals surface area contributed by atoms with Crippen molar-refractivity contribution in [3.63, 3.8) is 0 Å². The predicted octanol–water partition coefficient (Wildman–Crippen LogP) is 0.505. The average Bonchev–Trinajstić information content (AvgIpc) is 2.13. The summed E-state index contributed by atoms with van der Waals surface area (Å²) in [5.41, 5.74) is 0. The lowest BCUT2D eigenvalue weighted by atomic mass is 10.1. The highest BCUT2D eigenvalue weighted by molar-refractivity contribution is 5.73. The number of rotatable bonds is 2. The summed E-state index contributed by atoms with van der Waals surface area (Å²) in [6.07, 6.45) is 0.874. The Hall–Kier alpha value is -0.570. The quantitative estimate of drug-likeness (QED) is 0.572. The van der Waals surface area contributed by atoms with Crippen molar-refractivity contribution in [1.29, 1.82) is 0 Å². The van der Waals surface area contributed by atoms with Crippen molar-refractivity contribution in [3.05, 3.63) is 0 Å². The van der Waals surface area contributed by atoms with E-state index in [0.717, 1.165) is 6.42 Å². The van der Waals surface area contributed by atoms with Crippen molar-refractivity contribution in [2.75, 3.05) is 6.54 Å². The maximum absolute atomic E-state index is 10.6. The van der Waals surface area contributed by atoms with E-state index < -0.39 is 0 Å². The molecule has 1 saturated heterocycles. The van der Waals surface area contributed by atoms with E-state index in [4.69, 9.17) is 4.74 Å². The summed E-state index contributed by atoms with van der Waals surface area (Å²) in [6, 6.07) is 0. The van der Waals surface area contributed by atoms with Crippen LogP contribution in [0.15, 0.2) is 0 Å². The maximum atomic E-state index is 10.6. The Morgan fingerprint density at radius 1 is 1.80 bits per heavy atom. The Labute approximate surface area is 60.7 Å². The summed E-state index contributed by atoms with van der Waals surface area (Å²) in [6.45, 7) is 4.58. The zero-order valence-corrected chi connectivity index (χ0v) is 6.39. The van der Waals surface area contributed by atoms with Crippen LogP contribution in [0.3, 0.4) is 0 Å². The smallest absolute Gasteiger partial charge is 0.321 e. The van der Waals surface area contributed by atoms with Gasteiger partial charge in [0.15, 0.2) is 6.23 Å². The van der Waals surface area contributed by atoms with Crippen LogP contribution in [0.4, 0.5) is 0 Å². The second-order valence-electron chi connectivity index (χ2n) is 2.99. The van der Waals surface area contributed by atoms with E-state index in [9.17, 15) is 4.79 Å². The first-order valence-electron chi connectivity index (χ1n) is 3.61. The van der Waals surface area contributed by atoms with Gasteiger partial charge in [-0.1, -0.05) is 13.8 Å². The van der Waals surface area contributed by atoms with Gasteiger partial charge < -0.3 is 4.74 Å². The molecule has 0 aromatic rings. The number of esters is 1. The fraction of sp³-hybridized carbons (Fsp3) is 0.857. The highest BCUT2D eigenvalue weighted by Crippen LogP contribution is 2.08. The highest BCUT2D eigenvalue weighted by atomic mass is 16.6. The lowest BCUT2D eigenvalue weighted by Crippen LogP contribution is -2.23. The molecule has 1 rings (SSSR count). The summed E-state index contributed by atoms with van der Waals surface area (Å²) < 4.78 is 4.92. The van der Waals surface area contributed by atoms with Crippen molar-refractivity contribution in [2.45, 2.75) is 26.5 Å². The standard InChI is InChI=1S/C7H13NO2/c1-5(2)3-6-8-4-7(9)10-6/h5-6,8H,3-4H2,1-2H3. The molecule has 3 nitrogen and oxygen atoms in total. The van der Waals surface area contributed by atoms with Gasteiger partial charge in [-0.15, -0.1) is 0 Å². The van der Waals surface area contributed by atoms with E-state index >= 15 is 0 Å². The highest BCUT2D eigenvalue weighted by Gasteiger charge is 2.22. The van der Waals surface area contributed by atoms with E-state index in [2.05, 4.69) is 19.2 Å². The number of hydrogen-bond donors (Lipinski definition) is 1. The fourth-order valence-electron chi connectivity index (χ4n) is 0.999. The molecule has 1 aliphatic rings. The molecule has 1 atom stereocenters. The van der Waals surface area contributed by atoms with Crippen LogP contribution in [0.5, 0.6) is 0 Å². The Balaban J connectivity index is 2.24. The lowest BCUT2D eigenvalue weighted by molar-refractivity contribution is -0.141. The van der Waals surface area contributed by atoms with Crippen molar-refractivity contribution in [3.8, 4) is 0 Å². The summed E-state index contributed by atoms with van der Waals surface area (Å²) in [7, 11) is 0. The van der Waals surface area contributed by atoms with E-state index in [0.29, 0.717) is 12.5 Å². The molecule has 1 fully saturated rings. The van der Waals surface area contributed by atoms with Gasteiger partial charge in [-0.05, 0) is 5.92 Å². The first-order chi connectivity index (χ1) is 4.68. The molecule has 0 bridgehead atoms. The van der Waals surface area contributed by atoms with E-state index in [1.807, 2.05) is 0 Å². The molecule has 1 unspecified atom stereocenters. The lowest BCUT2D eigenvalue weighted by Gasteiger charge is -2.10. The average molecular weight is 143 g/mol. The van der Waals surface area contributed by atoms with Gasteiger partial charge in [0.1, 0.15) is 0 Å². The molecule has 0 saturated carbocycles.